The maximum absolute atomic E-state index is 6.10. The van der Waals surface area contributed by atoms with Crippen LogP contribution in [0.25, 0.3) is 0 Å². The van der Waals surface area contributed by atoms with Crippen molar-refractivity contribution in [1.82, 2.24) is 4.98 Å². The van der Waals surface area contributed by atoms with Gasteiger partial charge in [0.25, 0.3) is 0 Å². The number of halogens is 1. The van der Waals surface area contributed by atoms with Crippen LogP contribution in [0.4, 0.5) is 11.5 Å². The number of anilines is 2. The highest BCUT2D eigenvalue weighted by molar-refractivity contribution is 6.32. The van der Waals surface area contributed by atoms with Crippen molar-refractivity contribution in [2.45, 2.75) is 6.54 Å². The largest absolute Gasteiger partial charge is 0.495 e. The lowest BCUT2D eigenvalue weighted by Gasteiger charge is -2.12. The molecule has 4 nitrogen and oxygen atoms in total. The van der Waals surface area contributed by atoms with Gasteiger partial charge >= 0.3 is 0 Å². The third-order valence-electron chi connectivity index (χ3n) is 2.92. The molecule has 0 fully saturated rings. The minimum atomic E-state index is 0.618. The number of methoxy groups -OCH3 is 1. The Labute approximate surface area is 124 Å². The van der Waals surface area contributed by atoms with E-state index >= 15 is 0 Å². The first kappa shape index (κ1) is 14.5. The van der Waals surface area contributed by atoms with Crippen LogP contribution in [0, 0.1) is 0 Å². The molecule has 0 radical (unpaired) electrons. The van der Waals surface area contributed by atoms with E-state index in [0.29, 0.717) is 17.3 Å². The second kappa shape index (κ2) is 6.48. The molecule has 1 N–H and O–H groups in total. The number of hydrogen-bond donors (Lipinski definition) is 1. The van der Waals surface area contributed by atoms with Gasteiger partial charge in [0.1, 0.15) is 11.6 Å². The summed E-state index contributed by atoms with van der Waals surface area (Å²) in [6.45, 7) is 0.687. The molecule has 0 spiro atoms. The predicted molar refractivity (Wildman–Crippen MR) is 83.9 cm³/mol. The predicted octanol–water partition coefficient (Wildman–Crippen LogP) is 3.42. The summed E-state index contributed by atoms with van der Waals surface area (Å²) in [6.07, 6.45) is 1.82. The van der Waals surface area contributed by atoms with E-state index < -0.39 is 0 Å². The molecular formula is C15H18ClN3O. The average Bonchev–Trinajstić information content (AvgIpc) is 2.45. The number of nitrogens with zero attached hydrogens (tertiary/aromatic N) is 2. The molecule has 0 unspecified atom stereocenters. The lowest BCUT2D eigenvalue weighted by atomic mass is 10.2. The lowest BCUT2D eigenvalue weighted by molar-refractivity contribution is 0.415. The van der Waals surface area contributed by atoms with Crippen molar-refractivity contribution in [2.75, 3.05) is 31.4 Å². The minimum Gasteiger partial charge on any atom is -0.495 e. The third-order valence-corrected chi connectivity index (χ3v) is 3.21. The third kappa shape index (κ3) is 3.54. The molecule has 1 aromatic heterocycles. The second-order valence-corrected chi connectivity index (χ2v) is 5.03. The SMILES string of the molecule is COc1ccc(CNc2ccc(N(C)C)nc2)cc1Cl. The van der Waals surface area contributed by atoms with Gasteiger partial charge in [-0.2, -0.15) is 0 Å². The zero-order chi connectivity index (χ0) is 14.5. The Kier molecular flexibility index (Phi) is 4.69. The summed E-state index contributed by atoms with van der Waals surface area (Å²) in [4.78, 5) is 6.32. The van der Waals surface area contributed by atoms with E-state index in [1.54, 1.807) is 7.11 Å². The van der Waals surface area contributed by atoms with Gasteiger partial charge in [-0.15, -0.1) is 0 Å². The molecule has 20 heavy (non-hydrogen) atoms. The molecule has 5 heteroatoms. The molecule has 0 amide bonds. The van der Waals surface area contributed by atoms with Crippen LogP contribution in [0.5, 0.6) is 5.75 Å². The fourth-order valence-electron chi connectivity index (χ4n) is 1.78. The number of ether oxygens (including phenoxy) is 1. The maximum atomic E-state index is 6.10. The highest BCUT2D eigenvalue weighted by atomic mass is 35.5. The Morgan fingerprint density at radius 3 is 2.60 bits per heavy atom. The summed E-state index contributed by atoms with van der Waals surface area (Å²) >= 11 is 6.10. The lowest BCUT2D eigenvalue weighted by Crippen LogP contribution is -2.10. The van der Waals surface area contributed by atoms with Crippen LogP contribution < -0.4 is 15.0 Å². The molecule has 0 aliphatic carbocycles. The van der Waals surface area contributed by atoms with Gasteiger partial charge in [0, 0.05) is 20.6 Å². The van der Waals surface area contributed by atoms with Gasteiger partial charge < -0.3 is 15.0 Å². The van der Waals surface area contributed by atoms with E-state index in [2.05, 4.69) is 10.3 Å². The van der Waals surface area contributed by atoms with Crippen LogP contribution in [-0.2, 0) is 6.54 Å². The molecule has 0 atom stereocenters. The van der Waals surface area contributed by atoms with Crippen LogP contribution in [-0.4, -0.2) is 26.2 Å². The van der Waals surface area contributed by atoms with Crippen molar-refractivity contribution in [3.05, 3.63) is 47.1 Å². The topological polar surface area (TPSA) is 37.4 Å². The molecule has 1 heterocycles. The summed E-state index contributed by atoms with van der Waals surface area (Å²) in [5.74, 6) is 1.62. The molecule has 0 aliphatic heterocycles. The van der Waals surface area contributed by atoms with Gasteiger partial charge in [-0.3, -0.25) is 0 Å². The number of nitrogens with one attached hydrogen (secondary N) is 1. The summed E-state index contributed by atoms with van der Waals surface area (Å²) < 4.78 is 5.13. The first-order chi connectivity index (χ1) is 9.60. The normalized spacial score (nSPS) is 10.2. The van der Waals surface area contributed by atoms with E-state index in [4.69, 9.17) is 16.3 Å². The number of benzene rings is 1. The summed E-state index contributed by atoms with van der Waals surface area (Å²) in [5, 5.41) is 3.93. The fraction of sp³-hybridized carbons (Fsp3) is 0.267. The fourth-order valence-corrected chi connectivity index (χ4v) is 2.06. The highest BCUT2D eigenvalue weighted by Gasteiger charge is 2.02. The van der Waals surface area contributed by atoms with Crippen LogP contribution in [0.1, 0.15) is 5.56 Å². The van der Waals surface area contributed by atoms with E-state index in [0.717, 1.165) is 17.1 Å². The molecule has 0 saturated carbocycles. The van der Waals surface area contributed by atoms with Crippen molar-refractivity contribution in [2.24, 2.45) is 0 Å². The zero-order valence-electron chi connectivity index (χ0n) is 11.9. The standard InChI is InChI=1S/C15H18ClN3O/c1-19(2)15-7-5-12(10-18-15)17-9-11-4-6-14(20-3)13(16)8-11/h4-8,10,17H,9H2,1-3H3. The molecule has 2 rings (SSSR count). The summed E-state index contributed by atoms with van der Waals surface area (Å²) in [7, 11) is 5.54. The second-order valence-electron chi connectivity index (χ2n) is 4.62. The van der Waals surface area contributed by atoms with Crippen LogP contribution in [0.15, 0.2) is 36.5 Å². The van der Waals surface area contributed by atoms with E-state index in [-0.39, 0.29) is 0 Å². The highest BCUT2D eigenvalue weighted by Crippen LogP contribution is 2.25. The molecule has 2 aromatic rings. The first-order valence-electron chi connectivity index (χ1n) is 6.30. The van der Waals surface area contributed by atoms with Crippen molar-refractivity contribution >= 4 is 23.1 Å². The quantitative estimate of drug-likeness (QED) is 0.916. The van der Waals surface area contributed by atoms with E-state index in [1.165, 1.54) is 0 Å². The zero-order valence-corrected chi connectivity index (χ0v) is 12.6. The molecule has 0 bridgehead atoms. The minimum absolute atomic E-state index is 0.618. The monoisotopic (exact) mass is 291 g/mol. The Balaban J connectivity index is 1.99. The number of hydrogen-bond acceptors (Lipinski definition) is 4. The van der Waals surface area contributed by atoms with Gasteiger partial charge in [-0.05, 0) is 29.8 Å². The summed E-state index contributed by atoms with van der Waals surface area (Å²) in [6, 6.07) is 9.73. The van der Waals surface area contributed by atoms with Gasteiger partial charge in [0.15, 0.2) is 0 Å². The van der Waals surface area contributed by atoms with Gasteiger partial charge in [-0.1, -0.05) is 17.7 Å². The Hall–Kier alpha value is -1.94. The van der Waals surface area contributed by atoms with Crippen molar-refractivity contribution in [3.63, 3.8) is 0 Å². The Morgan fingerprint density at radius 1 is 1.25 bits per heavy atom. The molecule has 0 saturated heterocycles. The molecule has 106 valence electrons. The molecular weight excluding hydrogens is 274 g/mol. The maximum Gasteiger partial charge on any atom is 0.137 e. The average molecular weight is 292 g/mol. The van der Waals surface area contributed by atoms with Gasteiger partial charge in [-0.25, -0.2) is 4.98 Å². The molecule has 0 aliphatic rings. The van der Waals surface area contributed by atoms with Crippen LogP contribution >= 0.6 is 11.6 Å². The summed E-state index contributed by atoms with van der Waals surface area (Å²) in [5.41, 5.74) is 2.06. The van der Waals surface area contributed by atoms with Gasteiger partial charge in [0.2, 0.25) is 0 Å². The van der Waals surface area contributed by atoms with Crippen molar-refractivity contribution in [3.8, 4) is 5.75 Å². The van der Waals surface area contributed by atoms with E-state index in [1.807, 2.05) is 55.5 Å². The Bertz CT molecular complexity index is 570. The Morgan fingerprint density at radius 2 is 2.05 bits per heavy atom. The van der Waals surface area contributed by atoms with Crippen molar-refractivity contribution in [1.29, 1.82) is 0 Å². The number of pyridine rings is 1. The van der Waals surface area contributed by atoms with E-state index in [9.17, 15) is 0 Å². The smallest absolute Gasteiger partial charge is 0.137 e. The van der Waals surface area contributed by atoms with Crippen LogP contribution in [0.3, 0.4) is 0 Å². The number of rotatable bonds is 5. The van der Waals surface area contributed by atoms with Gasteiger partial charge in [0.05, 0.1) is 24.0 Å². The number of aromatic nitrogens is 1. The molecule has 1 aromatic carbocycles. The first-order valence-corrected chi connectivity index (χ1v) is 6.67. The van der Waals surface area contributed by atoms with Crippen molar-refractivity contribution < 1.29 is 4.74 Å². The van der Waals surface area contributed by atoms with Crippen LogP contribution in [0.2, 0.25) is 5.02 Å².